The number of halogens is 1. The quantitative estimate of drug-likeness (QED) is 0.370. The first-order valence-electron chi connectivity index (χ1n) is 11.2. The maximum absolute atomic E-state index is 13.1. The lowest BCUT2D eigenvalue weighted by atomic mass is 10.1. The summed E-state index contributed by atoms with van der Waals surface area (Å²) in [7, 11) is 0. The summed E-state index contributed by atoms with van der Waals surface area (Å²) in [5, 5.41) is 16.7. The summed E-state index contributed by atoms with van der Waals surface area (Å²) < 4.78 is 5.29. The zero-order valence-electron chi connectivity index (χ0n) is 19.1. The van der Waals surface area contributed by atoms with Crippen molar-refractivity contribution in [3.8, 4) is 11.3 Å². The summed E-state index contributed by atoms with van der Waals surface area (Å²) in [5.74, 6) is -0.0909. The van der Waals surface area contributed by atoms with E-state index in [-0.39, 0.29) is 17.4 Å². The maximum atomic E-state index is 13.1. The lowest BCUT2D eigenvalue weighted by Crippen LogP contribution is -2.24. The summed E-state index contributed by atoms with van der Waals surface area (Å²) in [6.45, 7) is 4.29. The molecule has 5 rings (SSSR count). The molecule has 178 valence electrons. The fourth-order valence-electron chi connectivity index (χ4n) is 4.12. The van der Waals surface area contributed by atoms with Gasteiger partial charge < -0.3 is 9.42 Å². The minimum Gasteiger partial charge on any atom is -0.360 e. The molecular weight excluding hydrogens is 486 g/mol. The van der Waals surface area contributed by atoms with E-state index in [4.69, 9.17) is 16.1 Å². The van der Waals surface area contributed by atoms with Gasteiger partial charge in [0.2, 0.25) is 11.0 Å². The van der Waals surface area contributed by atoms with Gasteiger partial charge in [-0.1, -0.05) is 65.3 Å². The average molecular weight is 508 g/mol. The predicted molar refractivity (Wildman–Crippen MR) is 135 cm³/mol. The van der Waals surface area contributed by atoms with Gasteiger partial charge in [-0.2, -0.15) is 0 Å². The minimum atomic E-state index is -0.415. The van der Waals surface area contributed by atoms with Gasteiger partial charge in [-0.05, 0) is 37.1 Å². The van der Waals surface area contributed by atoms with Crippen LogP contribution in [0.4, 0.5) is 10.8 Å². The van der Waals surface area contributed by atoms with E-state index in [2.05, 4.69) is 27.6 Å². The number of aromatic nitrogens is 3. The molecule has 0 spiro atoms. The molecule has 0 aliphatic carbocycles. The summed E-state index contributed by atoms with van der Waals surface area (Å²) in [5.41, 5.74) is 3.35. The number of nitrogens with one attached hydrogen (secondary N) is 1. The first-order chi connectivity index (χ1) is 16.9. The largest absolute Gasteiger partial charge is 0.360 e. The number of hydrogen-bond acceptors (Lipinski definition) is 7. The van der Waals surface area contributed by atoms with E-state index < -0.39 is 5.91 Å². The Kier molecular flexibility index (Phi) is 6.36. The monoisotopic (exact) mass is 507 g/mol. The Morgan fingerprint density at radius 1 is 1.20 bits per heavy atom. The fraction of sp³-hybridized carbons (Fsp3) is 0.240. The number of anilines is 2. The molecule has 1 aliphatic heterocycles. The molecule has 35 heavy (non-hydrogen) atoms. The highest BCUT2D eigenvalue weighted by molar-refractivity contribution is 7.15. The second kappa shape index (κ2) is 9.59. The van der Waals surface area contributed by atoms with Crippen molar-refractivity contribution in [2.24, 2.45) is 0 Å². The second-order valence-corrected chi connectivity index (χ2v) is 9.68. The van der Waals surface area contributed by atoms with Crippen LogP contribution in [0.1, 0.15) is 46.0 Å². The van der Waals surface area contributed by atoms with Crippen molar-refractivity contribution < 1.29 is 14.1 Å². The second-order valence-electron chi connectivity index (χ2n) is 8.27. The van der Waals surface area contributed by atoms with Gasteiger partial charge in [0.25, 0.3) is 5.91 Å². The summed E-state index contributed by atoms with van der Waals surface area (Å²) in [4.78, 5) is 27.5. The molecule has 1 saturated heterocycles. The van der Waals surface area contributed by atoms with Gasteiger partial charge in [-0.15, -0.1) is 10.2 Å². The summed E-state index contributed by atoms with van der Waals surface area (Å²) in [6.07, 6.45) is 1.30. The van der Waals surface area contributed by atoms with E-state index in [0.29, 0.717) is 45.1 Å². The minimum absolute atomic E-state index is 0.0458. The first-order valence-corrected chi connectivity index (χ1v) is 12.4. The van der Waals surface area contributed by atoms with Crippen molar-refractivity contribution in [1.82, 2.24) is 15.4 Å². The van der Waals surface area contributed by atoms with Gasteiger partial charge in [0, 0.05) is 30.1 Å². The van der Waals surface area contributed by atoms with Crippen LogP contribution in [0.5, 0.6) is 0 Å². The molecule has 10 heteroatoms. The van der Waals surface area contributed by atoms with Gasteiger partial charge >= 0.3 is 0 Å². The van der Waals surface area contributed by atoms with Gasteiger partial charge in [-0.25, -0.2) is 0 Å². The van der Waals surface area contributed by atoms with E-state index in [1.165, 1.54) is 16.9 Å². The zero-order chi connectivity index (χ0) is 24.5. The molecule has 0 bridgehead atoms. The highest BCUT2D eigenvalue weighted by atomic mass is 35.5. The third kappa shape index (κ3) is 4.56. The number of amides is 2. The van der Waals surface area contributed by atoms with Gasteiger partial charge in [0.15, 0.2) is 0 Å². The maximum Gasteiger partial charge on any atom is 0.263 e. The van der Waals surface area contributed by atoms with Crippen molar-refractivity contribution in [3.05, 3.63) is 75.4 Å². The smallest absolute Gasteiger partial charge is 0.263 e. The Morgan fingerprint density at radius 3 is 2.71 bits per heavy atom. The Balaban J connectivity index is 1.31. The van der Waals surface area contributed by atoms with Crippen molar-refractivity contribution in [2.75, 3.05) is 16.8 Å². The molecule has 1 atom stereocenters. The van der Waals surface area contributed by atoms with Crippen LogP contribution in [-0.2, 0) is 11.2 Å². The molecule has 3 heterocycles. The van der Waals surface area contributed by atoms with Gasteiger partial charge in [-0.3, -0.25) is 14.9 Å². The van der Waals surface area contributed by atoms with E-state index >= 15 is 0 Å². The number of carbonyl (C=O) groups excluding carboxylic acids is 2. The molecule has 4 aromatic rings. The molecule has 2 amide bonds. The lowest BCUT2D eigenvalue weighted by molar-refractivity contribution is -0.117. The van der Waals surface area contributed by atoms with Crippen LogP contribution in [0.15, 0.2) is 53.1 Å². The van der Waals surface area contributed by atoms with Gasteiger partial charge in [0.05, 0.1) is 5.02 Å². The van der Waals surface area contributed by atoms with Crippen LogP contribution >= 0.6 is 22.9 Å². The van der Waals surface area contributed by atoms with Crippen LogP contribution in [0.3, 0.4) is 0 Å². The topological polar surface area (TPSA) is 101 Å². The Labute approximate surface area is 210 Å². The fourth-order valence-corrected chi connectivity index (χ4v) is 5.18. The van der Waals surface area contributed by atoms with Gasteiger partial charge in [0.1, 0.15) is 22.0 Å². The molecule has 1 N–H and O–H groups in total. The van der Waals surface area contributed by atoms with Crippen LogP contribution < -0.4 is 10.2 Å². The van der Waals surface area contributed by atoms with Crippen LogP contribution in [0.2, 0.25) is 5.02 Å². The van der Waals surface area contributed by atoms with E-state index in [9.17, 15) is 9.59 Å². The molecule has 2 aromatic carbocycles. The number of hydrogen-bond donors (Lipinski definition) is 1. The van der Waals surface area contributed by atoms with Crippen molar-refractivity contribution in [1.29, 1.82) is 0 Å². The Bertz CT molecular complexity index is 1400. The molecular formula is C25H22ClN5O3S. The Hall–Kier alpha value is -3.56. The van der Waals surface area contributed by atoms with E-state index in [1.54, 1.807) is 30.0 Å². The summed E-state index contributed by atoms with van der Waals surface area (Å²) in [6, 6.07) is 15.1. The third-order valence-corrected chi connectivity index (χ3v) is 7.34. The molecule has 8 nitrogen and oxygen atoms in total. The highest BCUT2D eigenvalue weighted by Gasteiger charge is 2.34. The molecule has 1 aliphatic rings. The molecule has 1 unspecified atom stereocenters. The van der Waals surface area contributed by atoms with Crippen LogP contribution in [0.25, 0.3) is 11.3 Å². The predicted octanol–water partition coefficient (Wildman–Crippen LogP) is 5.49. The number of carbonyl (C=O) groups is 2. The number of rotatable bonds is 6. The highest BCUT2D eigenvalue weighted by Crippen LogP contribution is 2.35. The summed E-state index contributed by atoms with van der Waals surface area (Å²) >= 11 is 7.56. The lowest BCUT2D eigenvalue weighted by Gasteiger charge is -2.16. The first kappa shape index (κ1) is 23.2. The molecule has 0 saturated carbocycles. The van der Waals surface area contributed by atoms with Crippen LogP contribution in [0, 0.1) is 6.92 Å². The van der Waals surface area contributed by atoms with Crippen LogP contribution in [-0.4, -0.2) is 33.7 Å². The number of benzene rings is 2. The number of nitrogens with zero attached hydrogens (tertiary/aromatic N) is 4. The van der Waals surface area contributed by atoms with E-state index in [0.717, 1.165) is 12.1 Å². The molecule has 1 fully saturated rings. The van der Waals surface area contributed by atoms with Crippen molar-refractivity contribution in [3.63, 3.8) is 0 Å². The molecule has 2 aromatic heterocycles. The standard InChI is InChI=1S/C25H22ClN5O3S/c1-3-15-8-10-17(11-9-15)31-13-16(12-20(31)32)24-28-29-25(35-24)27-23(33)21-14(2)34-30-22(21)18-6-4-5-7-19(18)26/h4-11,16H,3,12-13H2,1-2H3,(H,27,29,33). The van der Waals surface area contributed by atoms with Crippen molar-refractivity contribution in [2.45, 2.75) is 32.6 Å². The zero-order valence-corrected chi connectivity index (χ0v) is 20.7. The van der Waals surface area contributed by atoms with E-state index in [1.807, 2.05) is 30.3 Å². The third-order valence-electron chi connectivity index (χ3n) is 6.01. The Morgan fingerprint density at radius 2 is 1.97 bits per heavy atom. The molecule has 0 radical (unpaired) electrons. The van der Waals surface area contributed by atoms with Crippen molar-refractivity contribution >= 4 is 45.6 Å². The SMILES string of the molecule is CCc1ccc(N2CC(c3nnc(NC(=O)c4c(-c5ccccc5Cl)noc4C)s3)CC2=O)cc1. The number of aryl methyl sites for hydroxylation is 2. The normalized spacial score (nSPS) is 15.6. The average Bonchev–Trinajstić information content (AvgIpc) is 3.58.